The third kappa shape index (κ3) is 3.10. The normalized spacial score (nSPS) is 33.5. The molecule has 0 spiro atoms. The highest BCUT2D eigenvalue weighted by atomic mass is 14.9. The first-order valence-corrected chi connectivity index (χ1v) is 7.21. The maximum atomic E-state index is 3.73. The summed E-state index contributed by atoms with van der Waals surface area (Å²) in [5.41, 5.74) is 0. The minimum Gasteiger partial charge on any atom is -0.314 e. The van der Waals surface area contributed by atoms with Crippen molar-refractivity contribution >= 4 is 0 Å². The van der Waals surface area contributed by atoms with Gasteiger partial charge in [0.15, 0.2) is 0 Å². The van der Waals surface area contributed by atoms with Gasteiger partial charge in [0.1, 0.15) is 0 Å². The number of unbranched alkanes of at least 4 members (excludes halogenated alkanes) is 2. The number of fused-ring (bicyclic) bond motifs is 2. The van der Waals surface area contributed by atoms with Crippen molar-refractivity contribution in [2.75, 3.05) is 6.54 Å². The number of hydrogen-bond acceptors (Lipinski definition) is 1. The quantitative estimate of drug-likeness (QED) is 0.510. The van der Waals surface area contributed by atoms with Crippen molar-refractivity contribution in [2.24, 2.45) is 17.8 Å². The van der Waals surface area contributed by atoms with Crippen LogP contribution < -0.4 is 5.32 Å². The van der Waals surface area contributed by atoms with E-state index in [4.69, 9.17) is 0 Å². The molecule has 0 aromatic carbocycles. The smallest absolute Gasteiger partial charge is 0.00388 e. The first-order valence-electron chi connectivity index (χ1n) is 7.21. The van der Waals surface area contributed by atoms with E-state index in [0.29, 0.717) is 0 Å². The summed E-state index contributed by atoms with van der Waals surface area (Å²) < 4.78 is 0. The van der Waals surface area contributed by atoms with Crippen molar-refractivity contribution in [3.63, 3.8) is 0 Å². The van der Waals surface area contributed by atoms with Crippen LogP contribution >= 0.6 is 0 Å². The van der Waals surface area contributed by atoms with Crippen molar-refractivity contribution in [3.8, 4) is 0 Å². The lowest BCUT2D eigenvalue weighted by molar-refractivity contribution is 0.378. The van der Waals surface area contributed by atoms with Gasteiger partial charge in [-0.1, -0.05) is 38.3 Å². The van der Waals surface area contributed by atoms with E-state index in [1.165, 1.54) is 45.1 Å². The van der Waals surface area contributed by atoms with Crippen LogP contribution in [0.15, 0.2) is 12.2 Å². The molecule has 1 N–H and O–H groups in total. The Labute approximate surface area is 101 Å². The lowest BCUT2D eigenvalue weighted by Crippen LogP contribution is -2.32. The van der Waals surface area contributed by atoms with Crippen molar-refractivity contribution in [3.05, 3.63) is 12.2 Å². The van der Waals surface area contributed by atoms with Gasteiger partial charge >= 0.3 is 0 Å². The molecule has 16 heavy (non-hydrogen) atoms. The zero-order valence-electron chi connectivity index (χ0n) is 10.9. The summed E-state index contributed by atoms with van der Waals surface area (Å²) in [5.74, 6) is 2.76. The molecule has 2 bridgehead atoms. The minimum atomic E-state index is 0.717. The molecule has 4 unspecified atom stereocenters. The van der Waals surface area contributed by atoms with Gasteiger partial charge in [-0.15, -0.1) is 0 Å². The number of hydrogen-bond donors (Lipinski definition) is 1. The highest BCUT2D eigenvalue weighted by Gasteiger charge is 2.35. The Morgan fingerprint density at radius 3 is 2.75 bits per heavy atom. The van der Waals surface area contributed by atoms with E-state index in [1.54, 1.807) is 0 Å². The molecule has 1 heteroatoms. The molecule has 2 rings (SSSR count). The average molecular weight is 221 g/mol. The molecule has 1 fully saturated rings. The fourth-order valence-electron chi connectivity index (χ4n) is 3.28. The molecule has 2 aliphatic rings. The molecule has 0 aliphatic heterocycles. The molecular weight excluding hydrogens is 194 g/mol. The summed E-state index contributed by atoms with van der Waals surface area (Å²) in [7, 11) is 0. The topological polar surface area (TPSA) is 12.0 Å². The highest BCUT2D eigenvalue weighted by molar-refractivity contribution is 5.10. The van der Waals surface area contributed by atoms with Gasteiger partial charge in [-0.3, -0.25) is 0 Å². The maximum absolute atomic E-state index is 3.73. The Morgan fingerprint density at radius 1 is 1.25 bits per heavy atom. The Morgan fingerprint density at radius 2 is 2.12 bits per heavy atom. The lowest BCUT2D eigenvalue weighted by atomic mass is 9.93. The van der Waals surface area contributed by atoms with Gasteiger partial charge in [0.25, 0.3) is 0 Å². The van der Waals surface area contributed by atoms with E-state index >= 15 is 0 Å². The lowest BCUT2D eigenvalue weighted by Gasteiger charge is -2.21. The zero-order valence-corrected chi connectivity index (χ0v) is 10.9. The second kappa shape index (κ2) is 5.86. The molecule has 1 saturated carbocycles. The Kier molecular flexibility index (Phi) is 4.45. The summed E-state index contributed by atoms with van der Waals surface area (Å²) in [6.45, 7) is 5.87. The van der Waals surface area contributed by atoms with E-state index in [2.05, 4.69) is 31.3 Å². The molecule has 0 aromatic rings. The Balaban J connectivity index is 1.59. The number of nitrogens with one attached hydrogen (secondary N) is 1. The molecular formula is C15H27N. The van der Waals surface area contributed by atoms with Crippen molar-refractivity contribution in [1.82, 2.24) is 5.32 Å². The van der Waals surface area contributed by atoms with Crippen LogP contribution in [0.25, 0.3) is 0 Å². The van der Waals surface area contributed by atoms with E-state index in [9.17, 15) is 0 Å². The third-order valence-electron chi connectivity index (χ3n) is 4.39. The van der Waals surface area contributed by atoms with Crippen LogP contribution in [0.4, 0.5) is 0 Å². The SMILES string of the molecule is CCCCCC(C)NCC1CC2C=CC1C2. The van der Waals surface area contributed by atoms with Gasteiger partial charge in [0, 0.05) is 6.04 Å². The van der Waals surface area contributed by atoms with E-state index in [-0.39, 0.29) is 0 Å². The van der Waals surface area contributed by atoms with Crippen LogP contribution in [0.1, 0.15) is 52.4 Å². The van der Waals surface area contributed by atoms with Gasteiger partial charge in [-0.25, -0.2) is 0 Å². The Hall–Kier alpha value is -0.300. The fraction of sp³-hybridized carbons (Fsp3) is 0.867. The summed E-state index contributed by atoms with van der Waals surface area (Å²) >= 11 is 0. The standard InChI is InChI=1S/C15H27N/c1-3-4-5-6-12(2)16-11-15-10-13-7-8-14(15)9-13/h7-8,12-16H,3-6,9-11H2,1-2H3. The molecule has 0 radical (unpaired) electrons. The minimum absolute atomic E-state index is 0.717. The second-order valence-electron chi connectivity index (χ2n) is 5.85. The fourth-order valence-corrected chi connectivity index (χ4v) is 3.28. The largest absolute Gasteiger partial charge is 0.314 e. The molecule has 0 saturated heterocycles. The van der Waals surface area contributed by atoms with Gasteiger partial charge in [-0.05, 0) is 50.5 Å². The zero-order chi connectivity index (χ0) is 11.4. The third-order valence-corrected chi connectivity index (χ3v) is 4.39. The van der Waals surface area contributed by atoms with Gasteiger partial charge in [0.2, 0.25) is 0 Å². The first kappa shape index (κ1) is 12.2. The summed E-state index contributed by atoms with van der Waals surface area (Å²) in [4.78, 5) is 0. The number of rotatable bonds is 7. The van der Waals surface area contributed by atoms with Crippen molar-refractivity contribution in [1.29, 1.82) is 0 Å². The molecule has 0 aromatic heterocycles. The molecule has 2 aliphatic carbocycles. The van der Waals surface area contributed by atoms with Gasteiger partial charge in [0.05, 0.1) is 0 Å². The molecule has 0 heterocycles. The van der Waals surface area contributed by atoms with Gasteiger partial charge in [-0.2, -0.15) is 0 Å². The van der Waals surface area contributed by atoms with Crippen molar-refractivity contribution in [2.45, 2.75) is 58.4 Å². The summed E-state index contributed by atoms with van der Waals surface area (Å²) in [5, 5.41) is 3.73. The van der Waals surface area contributed by atoms with Crippen LogP contribution in [0.2, 0.25) is 0 Å². The van der Waals surface area contributed by atoms with Crippen molar-refractivity contribution < 1.29 is 0 Å². The summed E-state index contributed by atoms with van der Waals surface area (Å²) in [6, 6.07) is 0.717. The van der Waals surface area contributed by atoms with Crippen LogP contribution in [0, 0.1) is 17.8 Å². The predicted octanol–water partition coefficient (Wildman–Crippen LogP) is 3.76. The van der Waals surface area contributed by atoms with Crippen LogP contribution in [-0.2, 0) is 0 Å². The molecule has 4 atom stereocenters. The number of allylic oxidation sites excluding steroid dienone is 2. The maximum Gasteiger partial charge on any atom is 0.00388 e. The van der Waals surface area contributed by atoms with E-state index < -0.39 is 0 Å². The monoisotopic (exact) mass is 221 g/mol. The second-order valence-corrected chi connectivity index (χ2v) is 5.85. The van der Waals surface area contributed by atoms with Gasteiger partial charge < -0.3 is 5.32 Å². The first-order chi connectivity index (χ1) is 7.79. The molecule has 92 valence electrons. The van der Waals surface area contributed by atoms with E-state index in [0.717, 1.165) is 23.8 Å². The van der Waals surface area contributed by atoms with Crippen LogP contribution in [0.5, 0.6) is 0 Å². The average Bonchev–Trinajstić information content (AvgIpc) is 2.88. The highest BCUT2D eigenvalue weighted by Crippen LogP contribution is 2.42. The van der Waals surface area contributed by atoms with Crippen LogP contribution in [-0.4, -0.2) is 12.6 Å². The van der Waals surface area contributed by atoms with Crippen LogP contribution in [0.3, 0.4) is 0 Å². The van der Waals surface area contributed by atoms with E-state index in [1.807, 2.05) is 0 Å². The predicted molar refractivity (Wildman–Crippen MR) is 70.5 cm³/mol. The molecule has 0 amide bonds. The summed E-state index contributed by atoms with van der Waals surface area (Å²) in [6.07, 6.45) is 13.2. The molecule has 1 nitrogen and oxygen atoms in total. The Bertz CT molecular complexity index is 234.